The van der Waals surface area contributed by atoms with Crippen molar-refractivity contribution in [2.75, 3.05) is 39.6 Å². The van der Waals surface area contributed by atoms with E-state index < -0.39 is 5.60 Å². The van der Waals surface area contributed by atoms with Crippen LogP contribution in [0.25, 0.3) is 0 Å². The summed E-state index contributed by atoms with van der Waals surface area (Å²) in [7, 11) is 0. The molecule has 0 saturated carbocycles. The second-order valence-electron chi connectivity index (χ2n) is 5.24. The lowest BCUT2D eigenvalue weighted by Gasteiger charge is -2.26. The molecule has 3 rings (SSSR count). The summed E-state index contributed by atoms with van der Waals surface area (Å²) in [6, 6.07) is 5.86. The summed E-state index contributed by atoms with van der Waals surface area (Å²) < 4.78 is 16.0. The predicted molar refractivity (Wildman–Crippen MR) is 72.9 cm³/mol. The number of rotatable bonds is 4. The van der Waals surface area contributed by atoms with Crippen LogP contribution in [0.3, 0.4) is 0 Å². The Morgan fingerprint density at radius 3 is 3.15 bits per heavy atom. The Bertz CT molecular complexity index is 458. The van der Waals surface area contributed by atoms with Crippen LogP contribution in [0, 0.1) is 0 Å². The number of fused-ring (bicyclic) bond motifs is 1. The highest BCUT2D eigenvalue weighted by atomic mass is 16.7. The lowest BCUT2D eigenvalue weighted by molar-refractivity contribution is -0.0264. The van der Waals surface area contributed by atoms with Gasteiger partial charge in [0.2, 0.25) is 6.79 Å². The number of β-amino-alcohol motifs (C(OH)–C–C–N with tert-alkyl or cyclic N) is 1. The molecular formula is C14H20N2O4. The summed E-state index contributed by atoms with van der Waals surface area (Å²) in [5, 5.41) is 16.8. The maximum atomic E-state index is 10.4. The molecule has 1 aromatic carbocycles. The second-order valence-corrected chi connectivity index (χ2v) is 5.24. The zero-order valence-electron chi connectivity index (χ0n) is 11.4. The van der Waals surface area contributed by atoms with Gasteiger partial charge in [0.1, 0.15) is 5.60 Å². The molecule has 6 heteroatoms. The molecule has 0 aromatic heterocycles. The van der Waals surface area contributed by atoms with E-state index in [1.165, 1.54) is 0 Å². The zero-order valence-corrected chi connectivity index (χ0v) is 11.4. The molecule has 110 valence electrons. The second kappa shape index (κ2) is 5.97. The number of hydrogen-bond donors (Lipinski definition) is 3. The van der Waals surface area contributed by atoms with Crippen LogP contribution in [0.1, 0.15) is 5.56 Å². The van der Waals surface area contributed by atoms with Gasteiger partial charge in [-0.2, -0.15) is 0 Å². The number of nitrogens with one attached hydrogen (secondary N) is 2. The maximum Gasteiger partial charge on any atom is 0.231 e. The lowest BCUT2D eigenvalue weighted by atomic mass is 10.1. The van der Waals surface area contributed by atoms with E-state index in [4.69, 9.17) is 14.2 Å². The summed E-state index contributed by atoms with van der Waals surface area (Å²) >= 11 is 0. The van der Waals surface area contributed by atoms with Crippen LogP contribution in [0.2, 0.25) is 0 Å². The smallest absolute Gasteiger partial charge is 0.231 e. The molecule has 0 unspecified atom stereocenters. The van der Waals surface area contributed by atoms with Crippen molar-refractivity contribution in [3.63, 3.8) is 0 Å². The third-order valence-electron chi connectivity index (χ3n) is 3.47. The summed E-state index contributed by atoms with van der Waals surface area (Å²) in [5.74, 6) is 1.57. The normalized spacial score (nSPS) is 25.4. The molecule has 0 radical (unpaired) electrons. The fourth-order valence-corrected chi connectivity index (χ4v) is 2.38. The van der Waals surface area contributed by atoms with Crippen molar-refractivity contribution in [3.8, 4) is 11.5 Å². The summed E-state index contributed by atoms with van der Waals surface area (Å²) in [6.45, 7) is 3.76. The van der Waals surface area contributed by atoms with Crippen molar-refractivity contribution in [3.05, 3.63) is 23.8 Å². The Kier molecular flexibility index (Phi) is 4.07. The SMILES string of the molecule is O[C@]1(CNCc2ccc3c(c2)OCO3)CNCCOC1. The molecule has 1 saturated heterocycles. The van der Waals surface area contributed by atoms with E-state index in [1.807, 2.05) is 18.2 Å². The van der Waals surface area contributed by atoms with E-state index in [1.54, 1.807) is 0 Å². The highest BCUT2D eigenvalue weighted by Crippen LogP contribution is 2.32. The van der Waals surface area contributed by atoms with Gasteiger partial charge in [0.05, 0.1) is 13.2 Å². The maximum absolute atomic E-state index is 10.4. The number of ether oxygens (including phenoxy) is 3. The van der Waals surface area contributed by atoms with E-state index in [-0.39, 0.29) is 6.79 Å². The van der Waals surface area contributed by atoms with Crippen LogP contribution < -0.4 is 20.1 Å². The first-order valence-electron chi connectivity index (χ1n) is 6.85. The van der Waals surface area contributed by atoms with Gasteiger partial charge in [0, 0.05) is 26.2 Å². The molecule has 1 fully saturated rings. The summed E-state index contributed by atoms with van der Waals surface area (Å²) in [5.41, 5.74) is 0.243. The first-order chi connectivity index (χ1) is 9.75. The average Bonchev–Trinajstić information content (AvgIpc) is 2.80. The topological polar surface area (TPSA) is 72.0 Å². The van der Waals surface area contributed by atoms with Crippen molar-refractivity contribution >= 4 is 0 Å². The molecule has 0 aliphatic carbocycles. The van der Waals surface area contributed by atoms with Gasteiger partial charge >= 0.3 is 0 Å². The number of aliphatic hydroxyl groups is 1. The standard InChI is InChI=1S/C14H20N2O4/c17-14(7-15-3-4-18-9-14)8-16-6-11-1-2-12-13(5-11)20-10-19-12/h1-2,5,15-17H,3-4,6-10H2/t14-/m0/s1. The Labute approximate surface area is 118 Å². The van der Waals surface area contributed by atoms with Crippen molar-refractivity contribution in [2.45, 2.75) is 12.1 Å². The predicted octanol–water partition coefficient (Wildman–Crippen LogP) is -0.144. The first-order valence-corrected chi connectivity index (χ1v) is 6.85. The quantitative estimate of drug-likeness (QED) is 0.713. The fourth-order valence-electron chi connectivity index (χ4n) is 2.38. The van der Waals surface area contributed by atoms with Crippen molar-refractivity contribution in [1.29, 1.82) is 0 Å². The van der Waals surface area contributed by atoms with E-state index in [2.05, 4.69) is 10.6 Å². The number of hydrogen-bond acceptors (Lipinski definition) is 6. The van der Waals surface area contributed by atoms with Gasteiger partial charge in [-0.05, 0) is 17.7 Å². The van der Waals surface area contributed by atoms with Gasteiger partial charge in [0.15, 0.2) is 11.5 Å². The minimum atomic E-state index is -0.854. The van der Waals surface area contributed by atoms with Gasteiger partial charge in [0.25, 0.3) is 0 Å². The van der Waals surface area contributed by atoms with Gasteiger partial charge < -0.3 is 30.0 Å². The molecule has 0 spiro atoms. The largest absolute Gasteiger partial charge is 0.454 e. The van der Waals surface area contributed by atoms with E-state index in [0.717, 1.165) is 23.6 Å². The molecule has 2 aliphatic heterocycles. The van der Waals surface area contributed by atoms with Crippen LogP contribution in [-0.2, 0) is 11.3 Å². The molecule has 3 N–H and O–H groups in total. The highest BCUT2D eigenvalue weighted by Gasteiger charge is 2.28. The van der Waals surface area contributed by atoms with E-state index in [9.17, 15) is 5.11 Å². The Morgan fingerprint density at radius 2 is 2.20 bits per heavy atom. The fraction of sp³-hybridized carbons (Fsp3) is 0.571. The molecule has 1 aromatic rings. The molecule has 20 heavy (non-hydrogen) atoms. The van der Waals surface area contributed by atoms with Crippen LogP contribution in [-0.4, -0.2) is 50.3 Å². The first kappa shape index (κ1) is 13.6. The average molecular weight is 280 g/mol. The zero-order chi connectivity index (χ0) is 13.8. The highest BCUT2D eigenvalue weighted by molar-refractivity contribution is 5.44. The molecule has 2 heterocycles. The third-order valence-corrected chi connectivity index (χ3v) is 3.47. The molecule has 6 nitrogen and oxygen atoms in total. The molecule has 2 aliphatic rings. The van der Waals surface area contributed by atoms with Gasteiger partial charge in [-0.1, -0.05) is 6.07 Å². The Balaban J connectivity index is 1.52. The van der Waals surface area contributed by atoms with Crippen LogP contribution in [0.4, 0.5) is 0 Å². The van der Waals surface area contributed by atoms with E-state index >= 15 is 0 Å². The van der Waals surface area contributed by atoms with Crippen LogP contribution >= 0.6 is 0 Å². The monoisotopic (exact) mass is 280 g/mol. The summed E-state index contributed by atoms with van der Waals surface area (Å²) in [4.78, 5) is 0. The van der Waals surface area contributed by atoms with Crippen molar-refractivity contribution in [1.82, 2.24) is 10.6 Å². The van der Waals surface area contributed by atoms with E-state index in [0.29, 0.717) is 32.8 Å². The third kappa shape index (κ3) is 3.21. The Morgan fingerprint density at radius 1 is 1.30 bits per heavy atom. The minimum Gasteiger partial charge on any atom is -0.454 e. The molecule has 0 bridgehead atoms. The van der Waals surface area contributed by atoms with Gasteiger partial charge in [-0.25, -0.2) is 0 Å². The lowest BCUT2D eigenvalue weighted by Crippen LogP contribution is -2.50. The molecule has 1 atom stereocenters. The Hall–Kier alpha value is -1.34. The molecular weight excluding hydrogens is 260 g/mol. The van der Waals surface area contributed by atoms with Gasteiger partial charge in [-0.15, -0.1) is 0 Å². The van der Waals surface area contributed by atoms with Crippen molar-refractivity contribution in [2.24, 2.45) is 0 Å². The number of benzene rings is 1. The van der Waals surface area contributed by atoms with Crippen LogP contribution in [0.5, 0.6) is 11.5 Å². The minimum absolute atomic E-state index is 0.287. The molecule has 0 amide bonds. The van der Waals surface area contributed by atoms with Crippen LogP contribution in [0.15, 0.2) is 18.2 Å². The van der Waals surface area contributed by atoms with Crippen molar-refractivity contribution < 1.29 is 19.3 Å². The summed E-state index contributed by atoms with van der Waals surface area (Å²) in [6.07, 6.45) is 0. The van der Waals surface area contributed by atoms with Gasteiger partial charge in [-0.3, -0.25) is 0 Å².